The van der Waals surface area contributed by atoms with Gasteiger partial charge in [-0.05, 0) is 37.0 Å². The van der Waals surface area contributed by atoms with Crippen molar-refractivity contribution in [3.05, 3.63) is 65.7 Å². The molecule has 2 N–H and O–H groups in total. The first-order valence-corrected chi connectivity index (χ1v) is 10.6. The Labute approximate surface area is 179 Å². The number of piperidine rings is 1. The molecule has 4 aromatic rings. The lowest BCUT2D eigenvalue weighted by molar-refractivity contribution is -0.134. The Bertz CT molecular complexity index is 1270. The van der Waals surface area contributed by atoms with Gasteiger partial charge in [0, 0.05) is 36.9 Å². The fourth-order valence-electron chi connectivity index (χ4n) is 4.54. The smallest absolute Gasteiger partial charge is 0.256 e. The van der Waals surface area contributed by atoms with E-state index >= 15 is 0 Å². The highest BCUT2D eigenvalue weighted by Crippen LogP contribution is 2.32. The fourth-order valence-corrected chi connectivity index (χ4v) is 4.54. The number of hydrogen-bond donors (Lipinski definition) is 2. The van der Waals surface area contributed by atoms with E-state index in [1.54, 1.807) is 17.8 Å². The lowest BCUT2D eigenvalue weighted by Crippen LogP contribution is -2.40. The minimum atomic E-state index is -0.226. The Balaban J connectivity index is 1.48. The number of aromatic nitrogens is 4. The van der Waals surface area contributed by atoms with E-state index in [2.05, 4.69) is 20.4 Å². The summed E-state index contributed by atoms with van der Waals surface area (Å²) in [6.45, 7) is 0.708. The van der Waals surface area contributed by atoms with Crippen molar-refractivity contribution >= 4 is 28.4 Å². The molecule has 8 nitrogen and oxygen atoms in total. The van der Waals surface area contributed by atoms with Crippen LogP contribution in [0.4, 0.5) is 0 Å². The van der Waals surface area contributed by atoms with Crippen LogP contribution in [0.3, 0.4) is 0 Å². The molecule has 0 aliphatic carbocycles. The van der Waals surface area contributed by atoms with Gasteiger partial charge in [0.15, 0.2) is 5.65 Å². The largest absolute Gasteiger partial charge is 0.361 e. The van der Waals surface area contributed by atoms with Gasteiger partial charge in [0.1, 0.15) is 5.56 Å². The molecule has 31 heavy (non-hydrogen) atoms. The van der Waals surface area contributed by atoms with E-state index in [1.165, 1.54) is 6.20 Å². The molecular weight excluding hydrogens is 392 g/mol. The van der Waals surface area contributed by atoms with Gasteiger partial charge in [0.05, 0.1) is 24.4 Å². The fraction of sp³-hybridized carbons (Fsp3) is 0.304. The van der Waals surface area contributed by atoms with Crippen LogP contribution in [0.15, 0.2) is 48.9 Å². The van der Waals surface area contributed by atoms with Crippen LogP contribution in [-0.2, 0) is 11.2 Å². The molecule has 0 spiro atoms. The van der Waals surface area contributed by atoms with Gasteiger partial charge in [-0.15, -0.1) is 0 Å². The molecule has 2 amide bonds. The maximum Gasteiger partial charge on any atom is 0.256 e. The first-order valence-electron chi connectivity index (χ1n) is 10.6. The summed E-state index contributed by atoms with van der Waals surface area (Å²) in [6.07, 6.45) is 8.36. The van der Waals surface area contributed by atoms with Crippen molar-refractivity contribution in [2.45, 2.75) is 31.7 Å². The van der Waals surface area contributed by atoms with Gasteiger partial charge < -0.3 is 15.2 Å². The van der Waals surface area contributed by atoms with Crippen molar-refractivity contribution in [3.63, 3.8) is 0 Å². The zero-order valence-electron chi connectivity index (χ0n) is 17.3. The number of nitrogens with one attached hydrogen (secondary N) is 2. The van der Waals surface area contributed by atoms with Crippen LogP contribution in [0, 0.1) is 0 Å². The van der Waals surface area contributed by atoms with E-state index in [9.17, 15) is 9.59 Å². The van der Waals surface area contributed by atoms with E-state index in [4.69, 9.17) is 0 Å². The lowest BCUT2D eigenvalue weighted by Gasteiger charge is -2.36. The lowest BCUT2D eigenvalue weighted by atomic mass is 9.97. The van der Waals surface area contributed by atoms with Crippen LogP contribution in [0.2, 0.25) is 0 Å². The van der Waals surface area contributed by atoms with Crippen LogP contribution in [0.25, 0.3) is 16.6 Å². The maximum absolute atomic E-state index is 13.4. The second kappa shape index (κ2) is 7.86. The summed E-state index contributed by atoms with van der Waals surface area (Å²) in [5, 5.41) is 8.13. The summed E-state index contributed by atoms with van der Waals surface area (Å²) < 4.78 is 1.70. The number of H-pyrrole nitrogens is 1. The maximum atomic E-state index is 13.4. The van der Waals surface area contributed by atoms with Gasteiger partial charge in [0.25, 0.3) is 5.91 Å². The third-order valence-electron chi connectivity index (χ3n) is 6.08. The average molecular weight is 416 g/mol. The SMILES string of the molecule is CNC(=O)c1cnn2c([C@@H]3CCCCN3C(=O)Cc3c[nH]c4ccccc34)ccnc12. The third kappa shape index (κ3) is 3.34. The van der Waals surface area contributed by atoms with Gasteiger partial charge in [-0.1, -0.05) is 18.2 Å². The molecule has 1 aliphatic rings. The van der Waals surface area contributed by atoms with Crippen molar-refractivity contribution in [1.29, 1.82) is 0 Å². The van der Waals surface area contributed by atoms with Crippen LogP contribution >= 0.6 is 0 Å². The van der Waals surface area contributed by atoms with E-state index in [1.807, 2.05) is 41.4 Å². The second-order valence-corrected chi connectivity index (χ2v) is 7.88. The minimum Gasteiger partial charge on any atom is -0.361 e. The Morgan fingerprint density at radius 2 is 2.10 bits per heavy atom. The number of carbonyl (C=O) groups is 2. The molecule has 158 valence electrons. The number of hydrogen-bond acceptors (Lipinski definition) is 4. The molecule has 1 aromatic carbocycles. The van der Waals surface area contributed by atoms with Crippen molar-refractivity contribution in [3.8, 4) is 0 Å². The number of amides is 2. The summed E-state index contributed by atoms with van der Waals surface area (Å²) in [5.74, 6) is -0.131. The molecule has 0 radical (unpaired) electrons. The topological polar surface area (TPSA) is 95.4 Å². The predicted molar refractivity (Wildman–Crippen MR) is 117 cm³/mol. The first kappa shape index (κ1) is 19.3. The zero-order chi connectivity index (χ0) is 21.4. The zero-order valence-corrected chi connectivity index (χ0v) is 17.3. The predicted octanol–water partition coefficient (Wildman–Crippen LogP) is 2.87. The number of carbonyl (C=O) groups excluding carboxylic acids is 2. The van der Waals surface area contributed by atoms with Crippen LogP contribution < -0.4 is 5.32 Å². The molecule has 0 bridgehead atoms. The molecule has 0 unspecified atom stereocenters. The van der Waals surface area contributed by atoms with Gasteiger partial charge in [0.2, 0.25) is 5.91 Å². The molecule has 3 aromatic heterocycles. The molecule has 8 heteroatoms. The second-order valence-electron chi connectivity index (χ2n) is 7.88. The van der Waals surface area contributed by atoms with Crippen LogP contribution in [0.5, 0.6) is 0 Å². The van der Waals surface area contributed by atoms with Gasteiger partial charge in [-0.2, -0.15) is 5.10 Å². The highest BCUT2D eigenvalue weighted by Gasteiger charge is 2.31. The number of benzene rings is 1. The summed E-state index contributed by atoms with van der Waals surface area (Å²) in [6, 6.07) is 9.83. The molecule has 4 heterocycles. The molecule has 1 saturated heterocycles. The minimum absolute atomic E-state index is 0.0955. The number of para-hydroxylation sites is 1. The molecular formula is C23H24N6O2. The Hall–Kier alpha value is -3.68. The summed E-state index contributed by atoms with van der Waals surface area (Å²) >= 11 is 0. The molecule has 1 fully saturated rings. The molecule has 1 atom stereocenters. The van der Waals surface area contributed by atoms with E-state index in [0.717, 1.165) is 41.4 Å². The highest BCUT2D eigenvalue weighted by molar-refractivity contribution is 5.99. The van der Waals surface area contributed by atoms with Crippen LogP contribution in [-0.4, -0.2) is 49.9 Å². The standard InChI is InChI=1S/C23H24N6O2/c1-24-23(31)17-14-27-29-20(9-10-25-22(17)29)19-8-4-5-11-28(19)21(30)12-15-13-26-18-7-3-2-6-16(15)18/h2-3,6-7,9-10,13-14,19,26H,4-5,8,11-12H2,1H3,(H,24,31)/t19-/m0/s1. The van der Waals surface area contributed by atoms with Crippen molar-refractivity contribution in [2.24, 2.45) is 0 Å². The van der Waals surface area contributed by atoms with Gasteiger partial charge in [-0.3, -0.25) is 9.59 Å². The number of nitrogens with zero attached hydrogens (tertiary/aromatic N) is 4. The number of aromatic amines is 1. The van der Waals surface area contributed by atoms with E-state index < -0.39 is 0 Å². The average Bonchev–Trinajstić information content (AvgIpc) is 3.43. The number of likely N-dealkylation sites (tertiary alicyclic amines) is 1. The third-order valence-corrected chi connectivity index (χ3v) is 6.08. The van der Waals surface area contributed by atoms with E-state index in [-0.39, 0.29) is 17.9 Å². The summed E-state index contributed by atoms with van der Waals surface area (Å²) in [4.78, 5) is 35.1. The monoisotopic (exact) mass is 416 g/mol. The van der Waals surface area contributed by atoms with Gasteiger partial charge in [-0.25, -0.2) is 9.50 Å². The van der Waals surface area contributed by atoms with Crippen molar-refractivity contribution in [1.82, 2.24) is 29.8 Å². The van der Waals surface area contributed by atoms with Crippen LogP contribution in [0.1, 0.15) is 46.9 Å². The Kier molecular flexibility index (Phi) is 4.89. The normalized spacial score (nSPS) is 16.7. The Morgan fingerprint density at radius 3 is 2.97 bits per heavy atom. The molecule has 5 rings (SSSR count). The van der Waals surface area contributed by atoms with Crippen molar-refractivity contribution < 1.29 is 9.59 Å². The first-order chi connectivity index (χ1) is 15.2. The molecule has 0 saturated carbocycles. The highest BCUT2D eigenvalue weighted by atomic mass is 16.2. The summed E-state index contributed by atoms with van der Waals surface area (Å²) in [5.41, 5.74) is 3.86. The summed E-state index contributed by atoms with van der Waals surface area (Å²) in [7, 11) is 1.59. The van der Waals surface area contributed by atoms with E-state index in [0.29, 0.717) is 24.2 Å². The molecule has 1 aliphatic heterocycles. The quantitative estimate of drug-likeness (QED) is 0.535. The number of fused-ring (bicyclic) bond motifs is 2. The van der Waals surface area contributed by atoms with Gasteiger partial charge >= 0.3 is 0 Å². The number of rotatable bonds is 4. The Morgan fingerprint density at radius 1 is 1.23 bits per heavy atom. The van der Waals surface area contributed by atoms with Crippen molar-refractivity contribution in [2.75, 3.05) is 13.6 Å².